The van der Waals surface area contributed by atoms with Gasteiger partial charge in [-0.1, -0.05) is 12.1 Å². The molecule has 58 valence electrons. The molecule has 0 radical (unpaired) electrons. The van der Waals surface area contributed by atoms with Crippen molar-refractivity contribution in [1.82, 2.24) is 0 Å². The van der Waals surface area contributed by atoms with Gasteiger partial charge in [0.1, 0.15) is 12.4 Å². The summed E-state index contributed by atoms with van der Waals surface area (Å²) in [7, 11) is 0. The molecule has 0 heterocycles. The van der Waals surface area contributed by atoms with Crippen molar-refractivity contribution in [3.8, 4) is 5.75 Å². The van der Waals surface area contributed by atoms with Crippen molar-refractivity contribution in [1.29, 1.82) is 0 Å². The van der Waals surface area contributed by atoms with Gasteiger partial charge in [-0.2, -0.15) is 0 Å². The van der Waals surface area contributed by atoms with Crippen molar-refractivity contribution >= 4 is 6.29 Å². The summed E-state index contributed by atoms with van der Waals surface area (Å²) in [4.78, 5) is 10.2. The molecule has 1 aromatic rings. The highest BCUT2D eigenvalue weighted by Crippen LogP contribution is 2.21. The first-order valence-corrected chi connectivity index (χ1v) is 3.11. The largest absolute Gasteiger partial charge is 0.507 e. The number of carbonyl (C=O) groups excluding carboxylic acids is 1. The lowest BCUT2D eigenvalue weighted by Crippen LogP contribution is -1.86. The van der Waals surface area contributed by atoms with Gasteiger partial charge in [0.15, 0.2) is 6.29 Å². The Kier molecular flexibility index (Phi) is 2.21. The molecule has 0 unspecified atom stereocenters. The molecule has 2 nitrogen and oxygen atoms in total. The lowest BCUT2D eigenvalue weighted by atomic mass is 10.1. The smallest absolute Gasteiger partial charge is 0.153 e. The average Bonchev–Trinajstić information content (AvgIpc) is 2.05. The molecule has 0 aliphatic carbocycles. The number of phenolic OH excluding ortho intramolecular Hbond substituents is 1. The Morgan fingerprint density at radius 1 is 1.55 bits per heavy atom. The van der Waals surface area contributed by atoms with Crippen LogP contribution in [-0.4, -0.2) is 11.4 Å². The number of rotatable bonds is 2. The van der Waals surface area contributed by atoms with E-state index in [4.69, 9.17) is 5.11 Å². The zero-order valence-corrected chi connectivity index (χ0v) is 5.75. The zero-order chi connectivity index (χ0) is 8.27. The van der Waals surface area contributed by atoms with Gasteiger partial charge in [0.2, 0.25) is 0 Å². The predicted octanol–water partition coefficient (Wildman–Crippen LogP) is 1.67. The van der Waals surface area contributed by atoms with Gasteiger partial charge in [0.25, 0.3) is 0 Å². The molecule has 0 atom stereocenters. The number of benzene rings is 1. The van der Waals surface area contributed by atoms with Crippen LogP contribution in [-0.2, 0) is 6.67 Å². The van der Waals surface area contributed by atoms with Gasteiger partial charge >= 0.3 is 0 Å². The summed E-state index contributed by atoms with van der Waals surface area (Å²) in [5.74, 6) is -0.259. The van der Waals surface area contributed by atoms with E-state index < -0.39 is 6.67 Å². The molecule has 0 saturated heterocycles. The summed E-state index contributed by atoms with van der Waals surface area (Å²) in [5.41, 5.74) is 0.273. The topological polar surface area (TPSA) is 37.3 Å². The molecule has 0 bridgehead atoms. The quantitative estimate of drug-likeness (QED) is 0.658. The Bertz CT molecular complexity index is 271. The van der Waals surface area contributed by atoms with E-state index in [1.54, 1.807) is 0 Å². The Labute approximate surface area is 63.3 Å². The van der Waals surface area contributed by atoms with E-state index in [0.29, 0.717) is 6.29 Å². The molecular weight excluding hydrogens is 147 g/mol. The van der Waals surface area contributed by atoms with E-state index in [-0.39, 0.29) is 16.9 Å². The molecule has 1 aromatic carbocycles. The lowest BCUT2D eigenvalue weighted by Gasteiger charge is -2.00. The monoisotopic (exact) mass is 154 g/mol. The van der Waals surface area contributed by atoms with Crippen molar-refractivity contribution in [2.45, 2.75) is 6.67 Å². The first-order valence-electron chi connectivity index (χ1n) is 3.11. The number of phenols is 1. The molecule has 0 aliphatic rings. The van der Waals surface area contributed by atoms with Crippen molar-refractivity contribution in [2.75, 3.05) is 0 Å². The Morgan fingerprint density at radius 2 is 2.27 bits per heavy atom. The molecule has 0 aromatic heterocycles. The van der Waals surface area contributed by atoms with E-state index in [1.807, 2.05) is 0 Å². The van der Waals surface area contributed by atoms with Crippen LogP contribution in [0, 0.1) is 0 Å². The SMILES string of the molecule is O=Cc1cccc(CF)c1O. The normalized spacial score (nSPS) is 9.55. The van der Waals surface area contributed by atoms with Gasteiger partial charge in [0.05, 0.1) is 5.56 Å². The minimum atomic E-state index is -0.756. The van der Waals surface area contributed by atoms with Crippen LogP contribution >= 0.6 is 0 Å². The minimum absolute atomic E-state index is 0.125. The summed E-state index contributed by atoms with van der Waals surface area (Å²) in [5, 5.41) is 9.12. The van der Waals surface area contributed by atoms with Crippen LogP contribution in [0.1, 0.15) is 15.9 Å². The van der Waals surface area contributed by atoms with Crippen molar-refractivity contribution < 1.29 is 14.3 Å². The molecule has 0 spiro atoms. The number of para-hydroxylation sites is 1. The maximum Gasteiger partial charge on any atom is 0.153 e. The fourth-order valence-corrected chi connectivity index (χ4v) is 0.814. The van der Waals surface area contributed by atoms with E-state index in [0.717, 1.165) is 0 Å². The molecular formula is C8H7FO2. The molecule has 11 heavy (non-hydrogen) atoms. The summed E-state index contributed by atoms with van der Waals surface area (Å²) in [6.45, 7) is -0.756. The number of aldehydes is 1. The molecule has 3 heteroatoms. The van der Waals surface area contributed by atoms with E-state index in [2.05, 4.69) is 0 Å². The molecule has 0 aliphatic heterocycles. The average molecular weight is 154 g/mol. The predicted molar refractivity (Wildman–Crippen MR) is 38.3 cm³/mol. The van der Waals surface area contributed by atoms with Crippen LogP contribution in [0.15, 0.2) is 18.2 Å². The van der Waals surface area contributed by atoms with E-state index in [9.17, 15) is 9.18 Å². The summed E-state index contributed by atoms with van der Waals surface area (Å²) in [6.07, 6.45) is 0.495. The van der Waals surface area contributed by atoms with Gasteiger partial charge in [0, 0.05) is 5.56 Å². The lowest BCUT2D eigenvalue weighted by molar-refractivity contribution is 0.112. The van der Waals surface area contributed by atoms with Crippen LogP contribution in [0.2, 0.25) is 0 Å². The molecule has 1 N–H and O–H groups in total. The van der Waals surface area contributed by atoms with Crippen LogP contribution in [0.5, 0.6) is 5.75 Å². The highest BCUT2D eigenvalue weighted by Gasteiger charge is 2.04. The number of alkyl halides is 1. The number of carbonyl (C=O) groups is 1. The van der Waals surface area contributed by atoms with Crippen molar-refractivity contribution in [3.05, 3.63) is 29.3 Å². The number of hydrogen-bond acceptors (Lipinski definition) is 2. The zero-order valence-electron chi connectivity index (χ0n) is 5.75. The van der Waals surface area contributed by atoms with Crippen LogP contribution in [0.25, 0.3) is 0 Å². The van der Waals surface area contributed by atoms with Gasteiger partial charge < -0.3 is 5.11 Å². The molecule has 0 fully saturated rings. The molecule has 0 saturated carbocycles. The standard InChI is InChI=1S/C8H7FO2/c9-4-6-2-1-3-7(5-10)8(6)11/h1-3,5,11H,4H2. The van der Waals surface area contributed by atoms with E-state index in [1.165, 1.54) is 18.2 Å². The van der Waals surface area contributed by atoms with Crippen LogP contribution in [0.4, 0.5) is 4.39 Å². The number of hydrogen-bond donors (Lipinski definition) is 1. The first kappa shape index (κ1) is 7.72. The fraction of sp³-hybridized carbons (Fsp3) is 0.125. The fourth-order valence-electron chi connectivity index (χ4n) is 0.814. The third kappa shape index (κ3) is 1.37. The molecule has 0 amide bonds. The Balaban J connectivity index is 3.20. The van der Waals surface area contributed by atoms with Crippen molar-refractivity contribution in [3.63, 3.8) is 0 Å². The second-order valence-corrected chi connectivity index (χ2v) is 2.11. The van der Waals surface area contributed by atoms with Gasteiger partial charge in [-0.05, 0) is 6.07 Å². The molecule has 1 rings (SSSR count). The second-order valence-electron chi connectivity index (χ2n) is 2.11. The second kappa shape index (κ2) is 3.14. The maximum absolute atomic E-state index is 12.0. The van der Waals surface area contributed by atoms with E-state index >= 15 is 0 Å². The van der Waals surface area contributed by atoms with Gasteiger partial charge in [-0.25, -0.2) is 4.39 Å². The highest BCUT2D eigenvalue weighted by atomic mass is 19.1. The first-order chi connectivity index (χ1) is 5.29. The summed E-state index contributed by atoms with van der Waals surface area (Å²) < 4.78 is 12.0. The highest BCUT2D eigenvalue weighted by molar-refractivity contribution is 5.79. The number of aromatic hydroxyl groups is 1. The van der Waals surface area contributed by atoms with Crippen molar-refractivity contribution in [2.24, 2.45) is 0 Å². The van der Waals surface area contributed by atoms with Crippen LogP contribution in [0.3, 0.4) is 0 Å². The third-order valence-electron chi connectivity index (χ3n) is 1.42. The van der Waals surface area contributed by atoms with Crippen LogP contribution < -0.4 is 0 Å². The Hall–Kier alpha value is -1.38. The van der Waals surface area contributed by atoms with Gasteiger partial charge in [-0.3, -0.25) is 4.79 Å². The Morgan fingerprint density at radius 3 is 2.82 bits per heavy atom. The third-order valence-corrected chi connectivity index (χ3v) is 1.42. The van der Waals surface area contributed by atoms with Gasteiger partial charge in [-0.15, -0.1) is 0 Å². The maximum atomic E-state index is 12.0. The summed E-state index contributed by atoms with van der Waals surface area (Å²) >= 11 is 0. The number of halogens is 1. The summed E-state index contributed by atoms with van der Waals surface area (Å²) in [6, 6.07) is 4.39. The minimum Gasteiger partial charge on any atom is -0.507 e.